The molecule has 0 saturated carbocycles. The summed E-state index contributed by atoms with van der Waals surface area (Å²) in [7, 11) is 0. The van der Waals surface area contributed by atoms with Crippen LogP contribution in [0.5, 0.6) is 5.75 Å². The van der Waals surface area contributed by atoms with Crippen LogP contribution in [0.2, 0.25) is 0 Å². The van der Waals surface area contributed by atoms with Crippen LogP contribution in [0, 0.1) is 6.92 Å². The number of rotatable bonds is 7. The van der Waals surface area contributed by atoms with E-state index >= 15 is 0 Å². The lowest BCUT2D eigenvalue weighted by atomic mass is 10.1. The number of ether oxygens (including phenoxy) is 2. The van der Waals surface area contributed by atoms with Crippen molar-refractivity contribution in [3.8, 4) is 5.75 Å². The first-order valence-electron chi connectivity index (χ1n) is 9.55. The van der Waals surface area contributed by atoms with Gasteiger partial charge in [-0.3, -0.25) is 9.59 Å². The minimum Gasteiger partial charge on any atom is -0.481 e. The Kier molecular flexibility index (Phi) is 6.66. The SMILES string of the molecule is Cc1ccc(O[C@H](C)C(=O)Nc2ccc(C(=O)NC[C@H]3CCCO3)cc2)cc1. The highest BCUT2D eigenvalue weighted by atomic mass is 16.5. The van der Waals surface area contributed by atoms with E-state index in [2.05, 4.69) is 10.6 Å². The van der Waals surface area contributed by atoms with Gasteiger partial charge in [-0.15, -0.1) is 0 Å². The van der Waals surface area contributed by atoms with Crippen molar-refractivity contribution in [1.82, 2.24) is 5.32 Å². The standard InChI is InChI=1S/C22H26N2O4/c1-15-5-11-19(12-6-15)28-16(2)21(25)24-18-9-7-17(8-10-18)22(26)23-14-20-4-3-13-27-20/h5-12,16,20H,3-4,13-14H2,1-2H3,(H,23,26)(H,24,25)/t16-,20-/m1/s1. The van der Waals surface area contributed by atoms with Crippen molar-refractivity contribution in [2.75, 3.05) is 18.5 Å². The summed E-state index contributed by atoms with van der Waals surface area (Å²) in [5.41, 5.74) is 2.28. The normalized spacial score (nSPS) is 17.0. The third-order valence-corrected chi connectivity index (χ3v) is 4.63. The molecule has 6 nitrogen and oxygen atoms in total. The minimum absolute atomic E-state index is 0.109. The van der Waals surface area contributed by atoms with Gasteiger partial charge in [-0.1, -0.05) is 17.7 Å². The van der Waals surface area contributed by atoms with Gasteiger partial charge in [-0.25, -0.2) is 0 Å². The van der Waals surface area contributed by atoms with E-state index in [0.717, 1.165) is 25.0 Å². The van der Waals surface area contributed by atoms with Crippen molar-refractivity contribution in [3.63, 3.8) is 0 Å². The van der Waals surface area contributed by atoms with Gasteiger partial charge >= 0.3 is 0 Å². The van der Waals surface area contributed by atoms with Crippen molar-refractivity contribution in [2.24, 2.45) is 0 Å². The van der Waals surface area contributed by atoms with Crippen molar-refractivity contribution in [1.29, 1.82) is 0 Å². The van der Waals surface area contributed by atoms with Gasteiger partial charge in [0.05, 0.1) is 6.10 Å². The second-order valence-corrected chi connectivity index (χ2v) is 6.98. The Morgan fingerprint density at radius 3 is 2.50 bits per heavy atom. The largest absolute Gasteiger partial charge is 0.481 e. The molecular weight excluding hydrogens is 356 g/mol. The molecule has 1 heterocycles. The van der Waals surface area contributed by atoms with Gasteiger partial charge in [0, 0.05) is 24.4 Å². The van der Waals surface area contributed by atoms with Crippen molar-refractivity contribution in [3.05, 3.63) is 59.7 Å². The molecule has 2 atom stereocenters. The van der Waals surface area contributed by atoms with Gasteiger partial charge in [-0.2, -0.15) is 0 Å². The van der Waals surface area contributed by atoms with Crippen LogP contribution in [-0.4, -0.2) is 37.2 Å². The Labute approximate surface area is 165 Å². The first-order chi connectivity index (χ1) is 13.5. The first-order valence-corrected chi connectivity index (χ1v) is 9.55. The van der Waals surface area contributed by atoms with E-state index in [1.165, 1.54) is 0 Å². The molecular formula is C22H26N2O4. The van der Waals surface area contributed by atoms with E-state index in [1.54, 1.807) is 31.2 Å². The molecule has 1 saturated heterocycles. The zero-order chi connectivity index (χ0) is 19.9. The average molecular weight is 382 g/mol. The van der Waals surface area contributed by atoms with Gasteiger partial charge in [-0.05, 0) is 63.1 Å². The van der Waals surface area contributed by atoms with E-state index in [9.17, 15) is 9.59 Å². The van der Waals surface area contributed by atoms with Crippen LogP contribution in [0.3, 0.4) is 0 Å². The van der Waals surface area contributed by atoms with Crippen LogP contribution >= 0.6 is 0 Å². The number of hydrogen-bond acceptors (Lipinski definition) is 4. The minimum atomic E-state index is -0.642. The quantitative estimate of drug-likeness (QED) is 0.770. The summed E-state index contributed by atoms with van der Waals surface area (Å²) >= 11 is 0. The predicted molar refractivity (Wildman–Crippen MR) is 108 cm³/mol. The van der Waals surface area contributed by atoms with Crippen LogP contribution in [0.1, 0.15) is 35.7 Å². The molecule has 2 amide bonds. The second kappa shape index (κ2) is 9.37. The highest BCUT2D eigenvalue weighted by molar-refractivity contribution is 5.96. The summed E-state index contributed by atoms with van der Waals surface area (Å²) in [4.78, 5) is 24.5. The van der Waals surface area contributed by atoms with Gasteiger partial charge in [0.25, 0.3) is 11.8 Å². The maximum absolute atomic E-state index is 12.3. The van der Waals surface area contributed by atoms with E-state index in [0.29, 0.717) is 23.5 Å². The average Bonchev–Trinajstić information content (AvgIpc) is 3.22. The molecule has 0 unspecified atom stereocenters. The Balaban J connectivity index is 1.49. The molecule has 6 heteroatoms. The zero-order valence-corrected chi connectivity index (χ0v) is 16.2. The molecule has 0 aromatic heterocycles. The van der Waals surface area contributed by atoms with Gasteiger partial charge in [0.15, 0.2) is 6.10 Å². The molecule has 0 bridgehead atoms. The molecule has 1 aliphatic rings. The molecule has 2 aromatic rings. The van der Waals surface area contributed by atoms with Crippen LogP contribution in [0.25, 0.3) is 0 Å². The van der Waals surface area contributed by atoms with E-state index in [-0.39, 0.29) is 17.9 Å². The van der Waals surface area contributed by atoms with Crippen molar-refractivity contribution >= 4 is 17.5 Å². The Hall–Kier alpha value is -2.86. The maximum Gasteiger partial charge on any atom is 0.265 e. The number of anilines is 1. The monoisotopic (exact) mass is 382 g/mol. The Morgan fingerprint density at radius 1 is 1.14 bits per heavy atom. The lowest BCUT2D eigenvalue weighted by molar-refractivity contribution is -0.122. The maximum atomic E-state index is 12.3. The highest BCUT2D eigenvalue weighted by Crippen LogP contribution is 2.15. The van der Waals surface area contributed by atoms with Crippen LogP contribution in [0.15, 0.2) is 48.5 Å². The Bertz CT molecular complexity index is 796. The summed E-state index contributed by atoms with van der Waals surface area (Å²) in [6.07, 6.45) is 1.49. The molecule has 0 spiro atoms. The van der Waals surface area contributed by atoms with E-state index in [4.69, 9.17) is 9.47 Å². The second-order valence-electron chi connectivity index (χ2n) is 6.98. The van der Waals surface area contributed by atoms with Crippen molar-refractivity contribution < 1.29 is 19.1 Å². The summed E-state index contributed by atoms with van der Waals surface area (Å²) in [6.45, 7) is 4.97. The summed E-state index contributed by atoms with van der Waals surface area (Å²) < 4.78 is 11.2. The molecule has 148 valence electrons. The zero-order valence-electron chi connectivity index (χ0n) is 16.2. The van der Waals surface area contributed by atoms with Crippen molar-refractivity contribution in [2.45, 2.75) is 38.9 Å². The molecule has 2 N–H and O–H groups in total. The Morgan fingerprint density at radius 2 is 1.86 bits per heavy atom. The third kappa shape index (κ3) is 5.57. The van der Waals surface area contributed by atoms with Gasteiger partial charge in [0.1, 0.15) is 5.75 Å². The molecule has 1 fully saturated rings. The molecule has 0 aliphatic carbocycles. The van der Waals surface area contributed by atoms with Crippen LogP contribution < -0.4 is 15.4 Å². The van der Waals surface area contributed by atoms with Gasteiger partial charge in [0.2, 0.25) is 0 Å². The number of hydrogen-bond donors (Lipinski definition) is 2. The highest BCUT2D eigenvalue weighted by Gasteiger charge is 2.17. The van der Waals surface area contributed by atoms with Gasteiger partial charge < -0.3 is 20.1 Å². The lowest BCUT2D eigenvalue weighted by Crippen LogP contribution is -2.32. The number of carbonyl (C=O) groups excluding carboxylic acids is 2. The molecule has 1 aliphatic heterocycles. The van der Waals surface area contributed by atoms with E-state index < -0.39 is 6.10 Å². The summed E-state index contributed by atoms with van der Waals surface area (Å²) in [6, 6.07) is 14.3. The van der Waals surface area contributed by atoms with E-state index in [1.807, 2.05) is 31.2 Å². The third-order valence-electron chi connectivity index (χ3n) is 4.63. The summed E-state index contributed by atoms with van der Waals surface area (Å²) in [5.74, 6) is 0.243. The molecule has 3 rings (SSSR count). The fraction of sp³-hybridized carbons (Fsp3) is 0.364. The number of carbonyl (C=O) groups is 2. The lowest BCUT2D eigenvalue weighted by Gasteiger charge is -2.15. The smallest absolute Gasteiger partial charge is 0.265 e. The van der Waals surface area contributed by atoms with Crippen LogP contribution in [-0.2, 0) is 9.53 Å². The predicted octanol–water partition coefficient (Wildman–Crippen LogP) is 3.31. The number of nitrogens with one attached hydrogen (secondary N) is 2. The number of benzene rings is 2. The van der Waals surface area contributed by atoms with Crippen LogP contribution in [0.4, 0.5) is 5.69 Å². The summed E-state index contributed by atoms with van der Waals surface area (Å²) in [5, 5.41) is 5.68. The molecule has 28 heavy (non-hydrogen) atoms. The first kappa shape index (κ1) is 19.9. The number of amides is 2. The fourth-order valence-corrected chi connectivity index (χ4v) is 2.94. The molecule has 2 aromatic carbocycles. The fourth-order valence-electron chi connectivity index (χ4n) is 2.94. The topological polar surface area (TPSA) is 76.7 Å². The molecule has 0 radical (unpaired) electrons. The number of aryl methyl sites for hydroxylation is 1.